The van der Waals surface area contributed by atoms with Crippen LogP contribution in [0.1, 0.15) is 26.2 Å². The van der Waals surface area contributed by atoms with Gasteiger partial charge in [-0.05, 0) is 26.3 Å². The molecule has 0 aromatic carbocycles. The van der Waals surface area contributed by atoms with Crippen molar-refractivity contribution in [3.63, 3.8) is 0 Å². The Kier molecular flexibility index (Phi) is 9.36. The van der Waals surface area contributed by atoms with Gasteiger partial charge in [0, 0.05) is 26.7 Å². The van der Waals surface area contributed by atoms with Crippen molar-refractivity contribution in [3.8, 4) is 0 Å². The number of methoxy groups -OCH3 is 1. The number of amides is 1. The van der Waals surface area contributed by atoms with E-state index in [4.69, 9.17) is 9.47 Å². The van der Waals surface area contributed by atoms with E-state index < -0.39 is 0 Å². The highest BCUT2D eigenvalue weighted by Crippen LogP contribution is 2.18. The fraction of sp³-hybridized carbons (Fsp3) is 0.917. The van der Waals surface area contributed by atoms with E-state index in [1.54, 1.807) is 7.11 Å². The molecule has 6 heteroatoms. The zero-order chi connectivity index (χ0) is 12.6. The third-order valence-electron chi connectivity index (χ3n) is 3.05. The molecule has 0 aromatic heterocycles. The summed E-state index contributed by atoms with van der Waals surface area (Å²) < 4.78 is 10.4. The number of ether oxygens (including phenoxy) is 2. The molecular formula is C12H25ClN2O3. The molecule has 1 saturated heterocycles. The maximum absolute atomic E-state index is 11.6. The topological polar surface area (TPSA) is 59.6 Å². The van der Waals surface area contributed by atoms with Gasteiger partial charge in [-0.15, -0.1) is 12.4 Å². The molecule has 1 heterocycles. The maximum Gasteiger partial charge on any atom is 0.222 e. The van der Waals surface area contributed by atoms with Crippen molar-refractivity contribution in [2.24, 2.45) is 0 Å². The van der Waals surface area contributed by atoms with Crippen molar-refractivity contribution >= 4 is 18.3 Å². The van der Waals surface area contributed by atoms with Crippen LogP contribution in [0.5, 0.6) is 0 Å². The fourth-order valence-corrected chi connectivity index (χ4v) is 2.14. The Bertz CT molecular complexity index is 233. The van der Waals surface area contributed by atoms with E-state index >= 15 is 0 Å². The molecule has 0 radical (unpaired) electrons. The molecule has 0 saturated carbocycles. The van der Waals surface area contributed by atoms with Crippen LogP contribution in [0.4, 0.5) is 0 Å². The minimum atomic E-state index is -0.0734. The summed E-state index contributed by atoms with van der Waals surface area (Å²) in [5.74, 6) is 0.0441. The molecule has 0 aliphatic carbocycles. The molecular weight excluding hydrogens is 256 g/mol. The van der Waals surface area contributed by atoms with E-state index in [1.807, 2.05) is 6.92 Å². The summed E-state index contributed by atoms with van der Waals surface area (Å²) in [7, 11) is 1.69. The number of nitrogens with one attached hydrogen (secondary N) is 2. The van der Waals surface area contributed by atoms with Gasteiger partial charge in [0.2, 0.25) is 5.91 Å². The molecule has 1 rings (SSSR count). The summed E-state index contributed by atoms with van der Waals surface area (Å²) in [4.78, 5) is 11.6. The van der Waals surface area contributed by atoms with Crippen LogP contribution in [0.25, 0.3) is 0 Å². The Morgan fingerprint density at radius 1 is 1.50 bits per heavy atom. The van der Waals surface area contributed by atoms with E-state index in [1.165, 1.54) is 0 Å². The number of carbonyl (C=O) groups is 1. The molecule has 1 aliphatic rings. The van der Waals surface area contributed by atoms with Gasteiger partial charge < -0.3 is 20.1 Å². The molecule has 5 nitrogen and oxygen atoms in total. The third kappa shape index (κ3) is 6.00. The highest BCUT2D eigenvalue weighted by atomic mass is 35.5. The molecule has 2 N–H and O–H groups in total. The first-order valence-corrected chi connectivity index (χ1v) is 6.31. The summed E-state index contributed by atoms with van der Waals surface area (Å²) in [6.45, 7) is 5.34. The Morgan fingerprint density at radius 2 is 2.28 bits per heavy atom. The largest absolute Gasteiger partial charge is 0.383 e. The zero-order valence-corrected chi connectivity index (χ0v) is 12.1. The van der Waals surface area contributed by atoms with Gasteiger partial charge in [-0.25, -0.2) is 0 Å². The first-order valence-electron chi connectivity index (χ1n) is 6.31. The molecule has 1 unspecified atom stereocenters. The predicted molar refractivity (Wildman–Crippen MR) is 73.2 cm³/mol. The van der Waals surface area contributed by atoms with Crippen LogP contribution in [0.2, 0.25) is 0 Å². The average molecular weight is 281 g/mol. The van der Waals surface area contributed by atoms with Crippen LogP contribution < -0.4 is 10.6 Å². The molecule has 0 spiro atoms. The summed E-state index contributed by atoms with van der Waals surface area (Å²) in [5.41, 5.74) is -0.0734. The van der Waals surface area contributed by atoms with Crippen LogP contribution in [0, 0.1) is 0 Å². The second-order valence-electron chi connectivity index (χ2n) is 4.47. The minimum absolute atomic E-state index is 0. The van der Waals surface area contributed by atoms with E-state index in [-0.39, 0.29) is 23.9 Å². The Labute approximate surface area is 115 Å². The van der Waals surface area contributed by atoms with E-state index in [0.29, 0.717) is 32.8 Å². The lowest BCUT2D eigenvalue weighted by molar-refractivity contribution is -0.122. The van der Waals surface area contributed by atoms with E-state index in [2.05, 4.69) is 10.6 Å². The highest BCUT2D eigenvalue weighted by Gasteiger charge is 2.33. The van der Waals surface area contributed by atoms with Gasteiger partial charge in [0.15, 0.2) is 0 Å². The molecule has 108 valence electrons. The first kappa shape index (κ1) is 17.6. The van der Waals surface area contributed by atoms with Gasteiger partial charge in [-0.3, -0.25) is 4.79 Å². The van der Waals surface area contributed by atoms with Gasteiger partial charge in [0.25, 0.3) is 0 Å². The van der Waals surface area contributed by atoms with Crippen molar-refractivity contribution in [3.05, 3.63) is 0 Å². The zero-order valence-electron chi connectivity index (χ0n) is 11.3. The van der Waals surface area contributed by atoms with Crippen molar-refractivity contribution in [1.82, 2.24) is 10.6 Å². The molecule has 0 aromatic rings. The monoisotopic (exact) mass is 280 g/mol. The molecule has 18 heavy (non-hydrogen) atoms. The van der Waals surface area contributed by atoms with Crippen LogP contribution in [-0.2, 0) is 14.3 Å². The second kappa shape index (κ2) is 9.55. The van der Waals surface area contributed by atoms with Crippen molar-refractivity contribution in [2.45, 2.75) is 31.7 Å². The van der Waals surface area contributed by atoms with Gasteiger partial charge in [-0.1, -0.05) is 0 Å². The lowest BCUT2D eigenvalue weighted by Crippen LogP contribution is -2.53. The van der Waals surface area contributed by atoms with Crippen LogP contribution in [0.3, 0.4) is 0 Å². The van der Waals surface area contributed by atoms with Gasteiger partial charge in [0.1, 0.15) is 0 Å². The molecule has 1 atom stereocenters. The SMILES string of the molecule is CCOCCC(=O)NCC1(COC)CCCN1.Cl. The lowest BCUT2D eigenvalue weighted by atomic mass is 9.98. The minimum Gasteiger partial charge on any atom is -0.383 e. The number of carbonyl (C=O) groups excluding carboxylic acids is 1. The number of hydrogen-bond acceptors (Lipinski definition) is 4. The molecule has 1 fully saturated rings. The summed E-state index contributed by atoms with van der Waals surface area (Å²) in [6, 6.07) is 0. The standard InChI is InChI=1S/C12H24N2O3.ClH/c1-3-17-8-5-11(15)13-9-12(10-16-2)6-4-7-14-12;/h14H,3-10H2,1-2H3,(H,13,15);1H. The second-order valence-corrected chi connectivity index (χ2v) is 4.47. The first-order chi connectivity index (χ1) is 8.22. The van der Waals surface area contributed by atoms with Gasteiger partial charge in [0.05, 0.1) is 18.8 Å². The number of hydrogen-bond donors (Lipinski definition) is 2. The Morgan fingerprint density at radius 3 is 2.83 bits per heavy atom. The quantitative estimate of drug-likeness (QED) is 0.643. The fourth-order valence-electron chi connectivity index (χ4n) is 2.14. The third-order valence-corrected chi connectivity index (χ3v) is 3.05. The predicted octanol–water partition coefficient (Wildman–Crippen LogP) is 0.720. The normalized spacial score (nSPS) is 22.6. The Balaban J connectivity index is 0.00000289. The van der Waals surface area contributed by atoms with Crippen LogP contribution in [0.15, 0.2) is 0 Å². The highest BCUT2D eigenvalue weighted by molar-refractivity contribution is 5.85. The lowest BCUT2D eigenvalue weighted by Gasteiger charge is -2.28. The summed E-state index contributed by atoms with van der Waals surface area (Å²) in [5, 5.41) is 6.37. The summed E-state index contributed by atoms with van der Waals surface area (Å²) >= 11 is 0. The van der Waals surface area contributed by atoms with Crippen LogP contribution >= 0.6 is 12.4 Å². The van der Waals surface area contributed by atoms with E-state index in [9.17, 15) is 4.79 Å². The average Bonchev–Trinajstić information content (AvgIpc) is 2.77. The van der Waals surface area contributed by atoms with Gasteiger partial charge in [-0.2, -0.15) is 0 Å². The van der Waals surface area contributed by atoms with Crippen LogP contribution in [-0.4, -0.2) is 51.5 Å². The van der Waals surface area contributed by atoms with Gasteiger partial charge >= 0.3 is 0 Å². The molecule has 1 amide bonds. The van der Waals surface area contributed by atoms with Crippen molar-refractivity contribution < 1.29 is 14.3 Å². The number of halogens is 1. The molecule has 0 bridgehead atoms. The number of rotatable bonds is 8. The Hall–Kier alpha value is -0.360. The van der Waals surface area contributed by atoms with E-state index in [0.717, 1.165) is 19.4 Å². The van der Waals surface area contributed by atoms with Crippen molar-refractivity contribution in [1.29, 1.82) is 0 Å². The van der Waals surface area contributed by atoms with Crippen molar-refractivity contribution in [2.75, 3.05) is 40.0 Å². The maximum atomic E-state index is 11.6. The summed E-state index contributed by atoms with van der Waals surface area (Å²) in [6.07, 6.45) is 2.61. The smallest absolute Gasteiger partial charge is 0.222 e. The molecule has 1 aliphatic heterocycles.